The largest absolute Gasteiger partial charge is 0.358 e. The van der Waals surface area contributed by atoms with E-state index in [1.54, 1.807) is 0 Å². The molecule has 2 aliphatic rings. The minimum atomic E-state index is 0. The van der Waals surface area contributed by atoms with Crippen LogP contribution in [0.25, 0.3) is 0 Å². The molecule has 0 aromatic rings. The number of fused-ring (bicyclic) bond motifs is 1. The zero-order valence-electron chi connectivity index (χ0n) is 7.84. The summed E-state index contributed by atoms with van der Waals surface area (Å²) in [5, 5.41) is 0. The molecule has 1 saturated carbocycles. The maximum atomic E-state index is 4.12. The zero-order chi connectivity index (χ0) is 6.97. The van der Waals surface area contributed by atoms with Gasteiger partial charge < -0.3 is 14.4 Å². The van der Waals surface area contributed by atoms with E-state index in [-0.39, 0.29) is 40.1 Å². The Morgan fingerprint density at radius 1 is 1.00 bits per heavy atom. The Balaban J connectivity index is 0.000000605. The molecule has 0 N–H and O–H groups in total. The second-order valence-electron chi connectivity index (χ2n) is 3.42. The molecule has 1 heteroatoms. The maximum absolute atomic E-state index is 4.12. The van der Waals surface area contributed by atoms with Gasteiger partial charge in [0.25, 0.3) is 0 Å². The monoisotopic (exact) mass is 237 g/mol. The molecule has 0 heterocycles. The molecule has 0 aliphatic heterocycles. The number of hydrogen-bond donors (Lipinski definition) is 0. The first-order valence-corrected chi connectivity index (χ1v) is 4.18. The number of hydrogen-bond acceptors (Lipinski definition) is 0. The fourth-order valence-electron chi connectivity index (χ4n) is 2.04. The van der Waals surface area contributed by atoms with E-state index in [2.05, 4.69) is 18.8 Å². The van der Waals surface area contributed by atoms with Crippen LogP contribution in [0.3, 0.4) is 0 Å². The van der Waals surface area contributed by atoms with Gasteiger partial charge in [0.1, 0.15) is 0 Å². The summed E-state index contributed by atoms with van der Waals surface area (Å²) in [4.78, 5) is 0. The standard InChI is InChI=1S/C10H13.CH3.Y/c1-8-9-6-4-2-3-5-7-10(8)9;;/h8-10H,1,4-7H2;1H3;/q2*-1;/t8?,9-,10+;;. The van der Waals surface area contributed by atoms with Crippen LogP contribution in [0.4, 0.5) is 0 Å². The van der Waals surface area contributed by atoms with E-state index in [0.29, 0.717) is 0 Å². The molecule has 3 atom stereocenters. The summed E-state index contributed by atoms with van der Waals surface area (Å²) in [6.07, 6.45) is 4.86. The van der Waals surface area contributed by atoms with Gasteiger partial charge in [0.15, 0.2) is 0 Å². The third kappa shape index (κ3) is 2.58. The molecule has 2 aliphatic carbocycles. The maximum Gasteiger partial charge on any atom is 0.00905 e. The Morgan fingerprint density at radius 3 is 1.83 bits per heavy atom. The SMILES string of the molecule is [CH2-]C1[C@H]2CCC#CCC[C@@H]12.[CH3-].[Y]. The molecule has 12 heavy (non-hydrogen) atoms. The van der Waals surface area contributed by atoms with Crippen molar-refractivity contribution >= 4 is 0 Å². The quantitative estimate of drug-likeness (QED) is 0.449. The third-order valence-electron chi connectivity index (χ3n) is 2.84. The van der Waals surface area contributed by atoms with Crippen molar-refractivity contribution < 1.29 is 32.7 Å². The molecule has 0 spiro atoms. The Morgan fingerprint density at radius 2 is 1.42 bits per heavy atom. The van der Waals surface area contributed by atoms with E-state index in [0.717, 1.165) is 30.6 Å². The average molecular weight is 237 g/mol. The van der Waals surface area contributed by atoms with Crippen LogP contribution in [0.15, 0.2) is 0 Å². The summed E-state index contributed by atoms with van der Waals surface area (Å²) < 4.78 is 0. The van der Waals surface area contributed by atoms with E-state index in [1.165, 1.54) is 12.8 Å². The van der Waals surface area contributed by atoms with Gasteiger partial charge in [0.2, 0.25) is 0 Å². The van der Waals surface area contributed by atoms with Crippen LogP contribution in [0, 0.1) is 43.9 Å². The van der Waals surface area contributed by atoms with Gasteiger partial charge in [-0.05, 0) is 12.8 Å². The van der Waals surface area contributed by atoms with Gasteiger partial charge in [-0.25, -0.2) is 0 Å². The Kier molecular flexibility index (Phi) is 5.71. The summed E-state index contributed by atoms with van der Waals surface area (Å²) in [5.41, 5.74) is 0. The fraction of sp³-hybridized carbons (Fsp3) is 0.636. The molecule has 2 rings (SSSR count). The van der Waals surface area contributed by atoms with Gasteiger partial charge in [-0.1, -0.05) is 11.8 Å². The van der Waals surface area contributed by atoms with Crippen molar-refractivity contribution in [1.82, 2.24) is 0 Å². The van der Waals surface area contributed by atoms with E-state index in [1.807, 2.05) is 0 Å². The van der Waals surface area contributed by atoms with Gasteiger partial charge in [-0.2, -0.15) is 5.92 Å². The minimum Gasteiger partial charge on any atom is -0.358 e. The van der Waals surface area contributed by atoms with Crippen molar-refractivity contribution in [2.24, 2.45) is 17.8 Å². The first kappa shape index (κ1) is 12.7. The topological polar surface area (TPSA) is 0 Å². The molecule has 0 amide bonds. The van der Waals surface area contributed by atoms with Crippen molar-refractivity contribution in [3.8, 4) is 11.8 Å². The molecule has 0 nitrogen and oxygen atoms in total. The summed E-state index contributed by atoms with van der Waals surface area (Å²) >= 11 is 0. The van der Waals surface area contributed by atoms with E-state index >= 15 is 0 Å². The molecular weight excluding hydrogens is 221 g/mol. The van der Waals surface area contributed by atoms with E-state index in [9.17, 15) is 0 Å². The van der Waals surface area contributed by atoms with Crippen molar-refractivity contribution in [3.05, 3.63) is 14.4 Å². The van der Waals surface area contributed by atoms with Crippen molar-refractivity contribution in [3.63, 3.8) is 0 Å². The summed E-state index contributed by atoms with van der Waals surface area (Å²) in [6, 6.07) is 0. The predicted molar refractivity (Wildman–Crippen MR) is 48.5 cm³/mol. The van der Waals surface area contributed by atoms with Crippen molar-refractivity contribution in [2.45, 2.75) is 25.7 Å². The Hall–Kier alpha value is 0.664. The first-order valence-electron chi connectivity index (χ1n) is 4.18. The van der Waals surface area contributed by atoms with Crippen LogP contribution in [0.5, 0.6) is 0 Å². The molecule has 0 bridgehead atoms. The first-order chi connectivity index (χ1) is 4.89. The normalized spacial score (nSPS) is 36.6. The van der Waals surface area contributed by atoms with E-state index in [4.69, 9.17) is 0 Å². The van der Waals surface area contributed by atoms with Crippen molar-refractivity contribution in [2.75, 3.05) is 0 Å². The second-order valence-corrected chi connectivity index (χ2v) is 3.42. The summed E-state index contributed by atoms with van der Waals surface area (Å²) in [5.74, 6) is 9.02. The Labute approximate surface area is 102 Å². The van der Waals surface area contributed by atoms with Gasteiger partial charge in [-0.3, -0.25) is 0 Å². The smallest absolute Gasteiger partial charge is 0.00905 e. The third-order valence-corrected chi connectivity index (χ3v) is 2.84. The van der Waals surface area contributed by atoms with Gasteiger partial charge in [-0.15, -0.1) is 11.8 Å². The van der Waals surface area contributed by atoms with Crippen LogP contribution in [0.2, 0.25) is 0 Å². The van der Waals surface area contributed by atoms with Gasteiger partial charge in [0.05, 0.1) is 0 Å². The molecule has 65 valence electrons. The predicted octanol–water partition coefficient (Wildman–Crippen LogP) is 2.71. The Bertz CT molecular complexity index is 169. The molecule has 1 fully saturated rings. The van der Waals surface area contributed by atoms with E-state index < -0.39 is 0 Å². The minimum absolute atomic E-state index is 0. The van der Waals surface area contributed by atoms with Crippen LogP contribution >= 0.6 is 0 Å². The van der Waals surface area contributed by atoms with Gasteiger partial charge in [0, 0.05) is 45.6 Å². The summed E-state index contributed by atoms with van der Waals surface area (Å²) in [6.45, 7) is 4.12. The van der Waals surface area contributed by atoms with Gasteiger partial charge >= 0.3 is 0 Å². The van der Waals surface area contributed by atoms with Crippen LogP contribution in [0.1, 0.15) is 25.7 Å². The molecule has 1 radical (unpaired) electrons. The van der Waals surface area contributed by atoms with Crippen LogP contribution in [-0.2, 0) is 32.7 Å². The molecule has 1 unspecified atom stereocenters. The number of rotatable bonds is 0. The molecule has 0 aromatic heterocycles. The molecule has 0 saturated heterocycles. The van der Waals surface area contributed by atoms with Crippen LogP contribution < -0.4 is 0 Å². The zero-order valence-corrected chi connectivity index (χ0v) is 10.7. The molecular formula is C11H16Y-2. The molecule has 0 aromatic carbocycles. The van der Waals surface area contributed by atoms with Crippen molar-refractivity contribution in [1.29, 1.82) is 0 Å². The summed E-state index contributed by atoms with van der Waals surface area (Å²) in [7, 11) is 0. The van der Waals surface area contributed by atoms with Crippen LogP contribution in [-0.4, -0.2) is 0 Å². The average Bonchev–Trinajstić information content (AvgIpc) is 2.39. The second kappa shape index (κ2) is 5.41. The fourth-order valence-corrected chi connectivity index (χ4v) is 2.04.